The largest absolute Gasteiger partial charge is 0.357 e. The van der Waals surface area contributed by atoms with Gasteiger partial charge in [-0.1, -0.05) is 19.1 Å². The number of guanidine groups is 1. The highest BCUT2D eigenvalue weighted by Crippen LogP contribution is 2.15. The first-order chi connectivity index (χ1) is 12.7. The van der Waals surface area contributed by atoms with Gasteiger partial charge in [-0.05, 0) is 57.5 Å². The van der Waals surface area contributed by atoms with Gasteiger partial charge in [0, 0.05) is 31.2 Å². The van der Waals surface area contributed by atoms with Crippen molar-refractivity contribution in [3.8, 4) is 0 Å². The van der Waals surface area contributed by atoms with Crippen LogP contribution in [0.3, 0.4) is 0 Å². The van der Waals surface area contributed by atoms with Crippen LogP contribution in [0.2, 0.25) is 0 Å². The minimum Gasteiger partial charge on any atom is -0.357 e. The van der Waals surface area contributed by atoms with Crippen LogP contribution in [0.1, 0.15) is 49.5 Å². The van der Waals surface area contributed by atoms with Gasteiger partial charge in [-0.25, -0.2) is 4.99 Å². The van der Waals surface area contributed by atoms with Gasteiger partial charge in [-0.2, -0.15) is 0 Å². The number of likely N-dealkylation sites (N-methyl/N-ethyl adjacent to an activating group) is 1. The third kappa shape index (κ3) is 7.65. The first-order valence-electron chi connectivity index (χ1n) is 9.81. The number of amides is 1. The summed E-state index contributed by atoms with van der Waals surface area (Å²) in [5.74, 6) is 0.817. The molecular formula is C20H34IN5O. The van der Waals surface area contributed by atoms with Gasteiger partial charge in [0.15, 0.2) is 5.96 Å². The molecule has 1 unspecified atom stereocenters. The molecule has 0 aromatic heterocycles. The van der Waals surface area contributed by atoms with E-state index < -0.39 is 0 Å². The van der Waals surface area contributed by atoms with E-state index in [0.29, 0.717) is 24.7 Å². The average Bonchev–Trinajstić information content (AvgIpc) is 3.12. The number of rotatable bonds is 8. The molecule has 3 N–H and O–H groups in total. The second kappa shape index (κ2) is 12.9. The zero-order valence-electron chi connectivity index (χ0n) is 16.8. The van der Waals surface area contributed by atoms with Crippen LogP contribution in [0.15, 0.2) is 29.3 Å². The van der Waals surface area contributed by atoms with Gasteiger partial charge in [0.05, 0.1) is 6.54 Å². The maximum atomic E-state index is 11.8. The Morgan fingerprint density at radius 1 is 1.11 bits per heavy atom. The van der Waals surface area contributed by atoms with Crippen molar-refractivity contribution in [1.29, 1.82) is 0 Å². The van der Waals surface area contributed by atoms with Crippen molar-refractivity contribution in [2.75, 3.05) is 32.7 Å². The molecule has 27 heavy (non-hydrogen) atoms. The molecule has 0 saturated carbocycles. The minimum atomic E-state index is -0.0328. The lowest BCUT2D eigenvalue weighted by Gasteiger charge is -2.24. The molecule has 1 aliphatic heterocycles. The number of carbonyl (C=O) groups is 1. The second-order valence-electron chi connectivity index (χ2n) is 6.56. The van der Waals surface area contributed by atoms with Crippen molar-refractivity contribution in [2.24, 2.45) is 4.99 Å². The summed E-state index contributed by atoms with van der Waals surface area (Å²) in [5.41, 5.74) is 1.77. The number of likely N-dealkylation sites (tertiary alicyclic amines) is 1. The van der Waals surface area contributed by atoms with E-state index in [1.807, 2.05) is 31.2 Å². The molecule has 1 fully saturated rings. The highest BCUT2D eigenvalue weighted by atomic mass is 127. The Hall–Kier alpha value is -1.35. The van der Waals surface area contributed by atoms with Crippen LogP contribution in [-0.2, 0) is 6.54 Å². The molecule has 0 spiro atoms. The Morgan fingerprint density at radius 2 is 1.81 bits per heavy atom. The van der Waals surface area contributed by atoms with Gasteiger partial charge in [-0.15, -0.1) is 24.0 Å². The molecule has 2 rings (SSSR count). The molecule has 0 radical (unpaired) electrons. The van der Waals surface area contributed by atoms with E-state index in [2.05, 4.69) is 39.7 Å². The van der Waals surface area contributed by atoms with E-state index in [1.165, 1.54) is 19.4 Å². The maximum Gasteiger partial charge on any atom is 0.251 e. The lowest BCUT2D eigenvalue weighted by Crippen LogP contribution is -2.44. The number of hydrogen-bond donors (Lipinski definition) is 3. The Balaban J connectivity index is 0.00000364. The molecule has 1 aliphatic rings. The highest BCUT2D eigenvalue weighted by molar-refractivity contribution is 14.0. The predicted octanol–water partition coefficient (Wildman–Crippen LogP) is 2.59. The van der Waals surface area contributed by atoms with E-state index in [1.54, 1.807) is 0 Å². The maximum absolute atomic E-state index is 11.8. The lowest BCUT2D eigenvalue weighted by molar-refractivity contribution is 0.0956. The fourth-order valence-corrected chi connectivity index (χ4v) is 3.29. The van der Waals surface area contributed by atoms with E-state index in [-0.39, 0.29) is 29.9 Å². The Bertz CT molecular complexity index is 591. The van der Waals surface area contributed by atoms with Crippen molar-refractivity contribution in [1.82, 2.24) is 20.9 Å². The zero-order valence-corrected chi connectivity index (χ0v) is 19.1. The van der Waals surface area contributed by atoms with Crippen molar-refractivity contribution >= 4 is 35.8 Å². The Kier molecular flexibility index (Phi) is 11.3. The van der Waals surface area contributed by atoms with Crippen LogP contribution in [0, 0.1) is 0 Å². The first kappa shape index (κ1) is 23.7. The van der Waals surface area contributed by atoms with Gasteiger partial charge in [0.2, 0.25) is 0 Å². The van der Waals surface area contributed by atoms with Gasteiger partial charge in [-0.3, -0.25) is 9.69 Å². The van der Waals surface area contributed by atoms with Crippen molar-refractivity contribution in [2.45, 2.75) is 46.2 Å². The molecule has 6 nitrogen and oxygen atoms in total. The van der Waals surface area contributed by atoms with Crippen LogP contribution in [0.4, 0.5) is 0 Å². The molecule has 1 aromatic rings. The van der Waals surface area contributed by atoms with Crippen molar-refractivity contribution in [3.05, 3.63) is 35.4 Å². The van der Waals surface area contributed by atoms with Gasteiger partial charge in [0.1, 0.15) is 0 Å². The molecule has 152 valence electrons. The Morgan fingerprint density at radius 3 is 2.44 bits per heavy atom. The molecule has 1 aromatic carbocycles. The smallest absolute Gasteiger partial charge is 0.251 e. The summed E-state index contributed by atoms with van der Waals surface area (Å²) < 4.78 is 0. The third-order valence-electron chi connectivity index (χ3n) is 4.73. The summed E-state index contributed by atoms with van der Waals surface area (Å²) in [4.78, 5) is 19.0. The monoisotopic (exact) mass is 487 g/mol. The van der Waals surface area contributed by atoms with Crippen LogP contribution >= 0.6 is 24.0 Å². The number of hydrogen-bond acceptors (Lipinski definition) is 3. The van der Waals surface area contributed by atoms with E-state index in [0.717, 1.165) is 31.2 Å². The average molecular weight is 487 g/mol. The number of halogens is 1. The standard InChI is InChI=1S/C20H33N5O.HI/c1-4-21-19(26)17-11-9-16(10-12-17)14-23-20(22-5-2)24-15-18-8-7-13-25(18)6-3;/h9-12,18H,4-8,13-15H2,1-3H3,(H,21,26)(H2,22,23,24);1H. The van der Waals surface area contributed by atoms with E-state index >= 15 is 0 Å². The summed E-state index contributed by atoms with van der Waals surface area (Å²) in [6.45, 7) is 11.5. The van der Waals surface area contributed by atoms with Crippen LogP contribution in [0.25, 0.3) is 0 Å². The second-order valence-corrected chi connectivity index (χ2v) is 6.56. The fourth-order valence-electron chi connectivity index (χ4n) is 3.29. The summed E-state index contributed by atoms with van der Waals surface area (Å²) in [5, 5.41) is 9.60. The van der Waals surface area contributed by atoms with Crippen LogP contribution in [-0.4, -0.2) is 55.5 Å². The molecule has 1 amide bonds. The normalized spacial score (nSPS) is 17.3. The van der Waals surface area contributed by atoms with Crippen molar-refractivity contribution in [3.63, 3.8) is 0 Å². The van der Waals surface area contributed by atoms with Gasteiger partial charge in [0.25, 0.3) is 5.91 Å². The number of carbonyl (C=O) groups excluding carboxylic acids is 1. The number of aliphatic imine (C=N–C) groups is 1. The SMILES string of the molecule is CCNC(=O)c1ccc(CN=C(NCC)NCC2CCCN2CC)cc1.I. The lowest BCUT2D eigenvalue weighted by atomic mass is 10.1. The molecule has 1 heterocycles. The summed E-state index contributed by atoms with van der Waals surface area (Å²) in [6.07, 6.45) is 2.54. The summed E-state index contributed by atoms with van der Waals surface area (Å²) in [7, 11) is 0. The predicted molar refractivity (Wildman–Crippen MR) is 123 cm³/mol. The molecule has 1 saturated heterocycles. The van der Waals surface area contributed by atoms with Crippen LogP contribution < -0.4 is 16.0 Å². The number of benzene rings is 1. The molecule has 0 aliphatic carbocycles. The third-order valence-corrected chi connectivity index (χ3v) is 4.73. The molecule has 0 bridgehead atoms. The van der Waals surface area contributed by atoms with Gasteiger partial charge < -0.3 is 16.0 Å². The number of nitrogens with zero attached hydrogens (tertiary/aromatic N) is 2. The molecule has 1 atom stereocenters. The van der Waals surface area contributed by atoms with Crippen LogP contribution in [0.5, 0.6) is 0 Å². The topological polar surface area (TPSA) is 68.8 Å². The first-order valence-corrected chi connectivity index (χ1v) is 9.81. The van der Waals surface area contributed by atoms with E-state index in [9.17, 15) is 4.79 Å². The quantitative estimate of drug-likeness (QED) is 0.300. The fraction of sp³-hybridized carbons (Fsp3) is 0.600. The molecule has 7 heteroatoms. The number of nitrogens with one attached hydrogen (secondary N) is 3. The summed E-state index contributed by atoms with van der Waals surface area (Å²) in [6, 6.07) is 8.24. The zero-order chi connectivity index (χ0) is 18.8. The minimum absolute atomic E-state index is 0. The molecular weight excluding hydrogens is 453 g/mol. The van der Waals surface area contributed by atoms with Gasteiger partial charge >= 0.3 is 0 Å². The van der Waals surface area contributed by atoms with E-state index in [4.69, 9.17) is 0 Å². The Labute approximate surface area is 180 Å². The highest BCUT2D eigenvalue weighted by Gasteiger charge is 2.22. The summed E-state index contributed by atoms with van der Waals surface area (Å²) >= 11 is 0. The van der Waals surface area contributed by atoms with Crippen molar-refractivity contribution < 1.29 is 4.79 Å².